The van der Waals surface area contributed by atoms with Crippen molar-refractivity contribution in [1.29, 1.82) is 0 Å². The smallest absolute Gasteiger partial charge is 0.291 e. The first-order valence-electron chi connectivity index (χ1n) is 5.58. The molecule has 0 radical (unpaired) electrons. The molecule has 7 heteroatoms. The fourth-order valence-electron chi connectivity index (χ4n) is 1.97. The Morgan fingerprint density at radius 2 is 2.18 bits per heavy atom. The molecule has 0 aromatic carbocycles. The second-order valence-electron chi connectivity index (χ2n) is 4.10. The molecule has 2 rings (SSSR count). The minimum atomic E-state index is -0.135. The van der Waals surface area contributed by atoms with Crippen molar-refractivity contribution in [3.63, 3.8) is 0 Å². The monoisotopic (exact) mass is 237 g/mol. The molecule has 2 amide bonds. The first-order chi connectivity index (χ1) is 8.16. The molecule has 0 aliphatic carbocycles. The summed E-state index contributed by atoms with van der Waals surface area (Å²) in [4.78, 5) is 28.3. The number of hydrogen-bond donors (Lipinski definition) is 2. The molecule has 17 heavy (non-hydrogen) atoms. The van der Waals surface area contributed by atoms with Gasteiger partial charge in [0.05, 0.1) is 0 Å². The van der Waals surface area contributed by atoms with Crippen LogP contribution in [0, 0.1) is 0 Å². The highest BCUT2D eigenvalue weighted by atomic mass is 16.2. The molecule has 0 saturated carbocycles. The fraction of sp³-hybridized carbons (Fsp3) is 0.600. The summed E-state index contributed by atoms with van der Waals surface area (Å²) in [5, 5.41) is 9.07. The molecule has 2 N–H and O–H groups in total. The molecule has 1 fully saturated rings. The van der Waals surface area contributed by atoms with Crippen LogP contribution < -0.4 is 5.32 Å². The molecular formula is C10H15N5O2. The zero-order chi connectivity index (χ0) is 12.3. The lowest BCUT2D eigenvalue weighted by atomic mass is 10.0. The van der Waals surface area contributed by atoms with Crippen molar-refractivity contribution in [2.24, 2.45) is 0 Å². The van der Waals surface area contributed by atoms with Gasteiger partial charge in [-0.15, -0.1) is 0 Å². The second kappa shape index (κ2) is 4.94. The number of likely N-dealkylation sites (tertiary alicyclic amines) is 1. The van der Waals surface area contributed by atoms with Crippen LogP contribution in [-0.4, -0.2) is 51.0 Å². The lowest BCUT2D eigenvalue weighted by Gasteiger charge is -2.31. The molecule has 1 aliphatic heterocycles. The SMILES string of the molecule is CC(=O)NC1CCN(C(=O)c2ncn[nH]2)CC1. The van der Waals surface area contributed by atoms with E-state index in [2.05, 4.69) is 20.5 Å². The topological polar surface area (TPSA) is 91.0 Å². The van der Waals surface area contributed by atoms with Gasteiger partial charge < -0.3 is 10.2 Å². The molecule has 1 aromatic rings. The number of aromatic amines is 1. The quantitative estimate of drug-likeness (QED) is 0.728. The van der Waals surface area contributed by atoms with Crippen LogP contribution in [0.15, 0.2) is 6.33 Å². The van der Waals surface area contributed by atoms with Crippen molar-refractivity contribution in [3.05, 3.63) is 12.2 Å². The Labute approximate surface area is 98.6 Å². The maximum Gasteiger partial charge on any atom is 0.291 e. The molecule has 0 spiro atoms. The average Bonchev–Trinajstić information content (AvgIpc) is 2.82. The zero-order valence-electron chi connectivity index (χ0n) is 9.64. The summed E-state index contributed by atoms with van der Waals surface area (Å²) < 4.78 is 0. The first-order valence-corrected chi connectivity index (χ1v) is 5.58. The number of carbonyl (C=O) groups is 2. The molecule has 2 heterocycles. The lowest BCUT2D eigenvalue weighted by molar-refractivity contribution is -0.119. The third-order valence-corrected chi connectivity index (χ3v) is 2.81. The number of nitrogens with zero attached hydrogens (tertiary/aromatic N) is 3. The number of rotatable bonds is 2. The minimum Gasteiger partial charge on any atom is -0.353 e. The van der Waals surface area contributed by atoms with Crippen LogP contribution in [0.5, 0.6) is 0 Å². The maximum absolute atomic E-state index is 11.9. The van der Waals surface area contributed by atoms with Crippen LogP contribution in [-0.2, 0) is 4.79 Å². The van der Waals surface area contributed by atoms with Gasteiger partial charge in [-0.3, -0.25) is 14.7 Å². The van der Waals surface area contributed by atoms with Gasteiger partial charge >= 0.3 is 0 Å². The van der Waals surface area contributed by atoms with Crippen LogP contribution >= 0.6 is 0 Å². The highest BCUT2D eigenvalue weighted by Crippen LogP contribution is 2.12. The largest absolute Gasteiger partial charge is 0.353 e. The number of amides is 2. The third-order valence-electron chi connectivity index (χ3n) is 2.81. The highest BCUT2D eigenvalue weighted by Gasteiger charge is 2.25. The summed E-state index contributed by atoms with van der Waals surface area (Å²) in [6.07, 6.45) is 2.87. The summed E-state index contributed by atoms with van der Waals surface area (Å²) >= 11 is 0. The maximum atomic E-state index is 11.9. The van der Waals surface area contributed by atoms with E-state index in [-0.39, 0.29) is 23.7 Å². The molecule has 92 valence electrons. The van der Waals surface area contributed by atoms with Gasteiger partial charge in [-0.05, 0) is 12.8 Å². The Kier molecular flexibility index (Phi) is 3.36. The molecule has 0 unspecified atom stereocenters. The predicted octanol–water partition coefficient (Wildman–Crippen LogP) is -0.455. The Morgan fingerprint density at radius 1 is 1.47 bits per heavy atom. The summed E-state index contributed by atoms with van der Waals surface area (Å²) in [5.41, 5.74) is 0. The second-order valence-corrected chi connectivity index (χ2v) is 4.10. The number of piperidine rings is 1. The number of H-pyrrole nitrogens is 1. The van der Waals surface area contributed by atoms with E-state index in [1.807, 2.05) is 0 Å². The summed E-state index contributed by atoms with van der Waals surface area (Å²) in [6.45, 7) is 2.76. The van der Waals surface area contributed by atoms with Crippen molar-refractivity contribution in [3.8, 4) is 0 Å². The van der Waals surface area contributed by atoms with Crippen LogP contribution in [0.25, 0.3) is 0 Å². The van der Waals surface area contributed by atoms with Gasteiger partial charge in [-0.25, -0.2) is 4.98 Å². The van der Waals surface area contributed by atoms with Gasteiger partial charge in [0.25, 0.3) is 5.91 Å². The van der Waals surface area contributed by atoms with Crippen LogP contribution in [0.4, 0.5) is 0 Å². The standard InChI is InChI=1S/C10H15N5O2/c1-7(16)13-8-2-4-15(5-3-8)10(17)9-11-6-12-14-9/h6,8H,2-5H2,1H3,(H,13,16)(H,11,12,14). The van der Waals surface area contributed by atoms with Crippen molar-refractivity contribution >= 4 is 11.8 Å². The summed E-state index contributed by atoms with van der Waals surface area (Å²) in [6, 6.07) is 0.172. The van der Waals surface area contributed by atoms with Crippen LogP contribution in [0.1, 0.15) is 30.4 Å². The number of nitrogens with one attached hydrogen (secondary N) is 2. The minimum absolute atomic E-state index is 0.0231. The predicted molar refractivity (Wildman–Crippen MR) is 59.1 cm³/mol. The molecule has 1 aliphatic rings. The van der Waals surface area contributed by atoms with Crippen molar-refractivity contribution in [2.45, 2.75) is 25.8 Å². The first kappa shape index (κ1) is 11.6. The zero-order valence-corrected chi connectivity index (χ0v) is 9.64. The molecule has 7 nitrogen and oxygen atoms in total. The van der Waals surface area contributed by atoms with E-state index in [1.165, 1.54) is 13.3 Å². The van der Waals surface area contributed by atoms with Crippen LogP contribution in [0.3, 0.4) is 0 Å². The molecule has 0 atom stereocenters. The van der Waals surface area contributed by atoms with E-state index < -0.39 is 0 Å². The Hall–Kier alpha value is -1.92. The molecule has 0 bridgehead atoms. The number of hydrogen-bond acceptors (Lipinski definition) is 4. The lowest BCUT2D eigenvalue weighted by Crippen LogP contribution is -2.46. The number of carbonyl (C=O) groups excluding carboxylic acids is 2. The Balaban J connectivity index is 1.87. The third kappa shape index (κ3) is 2.80. The molecular weight excluding hydrogens is 222 g/mol. The Morgan fingerprint density at radius 3 is 2.71 bits per heavy atom. The van der Waals surface area contributed by atoms with E-state index >= 15 is 0 Å². The summed E-state index contributed by atoms with van der Waals surface area (Å²) in [7, 11) is 0. The van der Waals surface area contributed by atoms with Gasteiger partial charge in [0.15, 0.2) is 0 Å². The fourth-order valence-corrected chi connectivity index (χ4v) is 1.97. The van der Waals surface area contributed by atoms with Crippen molar-refractivity contribution < 1.29 is 9.59 Å². The number of aromatic nitrogens is 3. The van der Waals surface area contributed by atoms with Gasteiger partial charge in [0.2, 0.25) is 11.7 Å². The van der Waals surface area contributed by atoms with E-state index in [0.717, 1.165) is 12.8 Å². The van der Waals surface area contributed by atoms with E-state index in [1.54, 1.807) is 4.90 Å². The molecule has 1 saturated heterocycles. The summed E-state index contributed by atoms with van der Waals surface area (Å²) in [5.74, 6) is 0.108. The normalized spacial score (nSPS) is 16.9. The Bertz CT molecular complexity index is 395. The van der Waals surface area contributed by atoms with Gasteiger partial charge in [0.1, 0.15) is 6.33 Å². The average molecular weight is 237 g/mol. The van der Waals surface area contributed by atoms with Crippen LogP contribution in [0.2, 0.25) is 0 Å². The van der Waals surface area contributed by atoms with Gasteiger partial charge in [-0.2, -0.15) is 5.10 Å². The van der Waals surface area contributed by atoms with Crippen molar-refractivity contribution in [1.82, 2.24) is 25.4 Å². The highest BCUT2D eigenvalue weighted by molar-refractivity contribution is 5.90. The van der Waals surface area contributed by atoms with E-state index in [9.17, 15) is 9.59 Å². The van der Waals surface area contributed by atoms with Crippen molar-refractivity contribution in [2.75, 3.05) is 13.1 Å². The van der Waals surface area contributed by atoms with E-state index in [4.69, 9.17) is 0 Å². The van der Waals surface area contributed by atoms with Gasteiger partial charge in [-0.1, -0.05) is 0 Å². The van der Waals surface area contributed by atoms with Gasteiger partial charge in [0, 0.05) is 26.1 Å². The molecule has 1 aromatic heterocycles. The van der Waals surface area contributed by atoms with E-state index in [0.29, 0.717) is 13.1 Å².